The fraction of sp³-hybridized carbons (Fsp3) is 0.812. The largest absolute Gasteiger partial charge is 0.462 e. The van der Waals surface area contributed by atoms with Crippen LogP contribution in [0.1, 0.15) is 58.3 Å². The molecule has 3 unspecified atom stereocenters. The molecular weight excluding hydrogens is 224 g/mol. The molecule has 0 spiro atoms. The van der Waals surface area contributed by atoms with Crippen molar-refractivity contribution < 1.29 is 9.53 Å². The minimum atomic E-state index is -0.231. The van der Waals surface area contributed by atoms with E-state index < -0.39 is 0 Å². The fourth-order valence-corrected chi connectivity index (χ4v) is 3.86. The molecule has 0 bridgehead atoms. The van der Waals surface area contributed by atoms with Crippen molar-refractivity contribution in [2.75, 3.05) is 6.61 Å². The van der Waals surface area contributed by atoms with E-state index in [0.717, 1.165) is 24.2 Å². The van der Waals surface area contributed by atoms with E-state index in [0.29, 0.717) is 12.2 Å². The summed E-state index contributed by atoms with van der Waals surface area (Å²) in [6.07, 6.45) is 10.9. The quantitative estimate of drug-likeness (QED) is 0.554. The van der Waals surface area contributed by atoms with Gasteiger partial charge in [0.1, 0.15) is 0 Å². The predicted octanol–water partition coefficient (Wildman–Crippen LogP) is 4.10. The average Bonchev–Trinajstić information content (AvgIpc) is 2.38. The zero-order valence-electron chi connectivity index (χ0n) is 11.6. The van der Waals surface area contributed by atoms with Crippen molar-refractivity contribution >= 4 is 5.97 Å². The van der Waals surface area contributed by atoms with Gasteiger partial charge < -0.3 is 4.74 Å². The van der Waals surface area contributed by atoms with Crippen molar-refractivity contribution in [1.29, 1.82) is 0 Å². The summed E-state index contributed by atoms with van der Waals surface area (Å²) in [5.41, 5.74) is 0.509. The number of carbonyl (C=O) groups excluding carboxylic acids is 1. The molecule has 3 atom stereocenters. The minimum Gasteiger partial charge on any atom is -0.462 e. The maximum absolute atomic E-state index is 11.3. The molecule has 0 amide bonds. The van der Waals surface area contributed by atoms with E-state index in [1.807, 2.05) is 0 Å². The van der Waals surface area contributed by atoms with Crippen molar-refractivity contribution in [1.82, 2.24) is 0 Å². The van der Waals surface area contributed by atoms with Crippen LogP contribution in [0.2, 0.25) is 0 Å². The third-order valence-electron chi connectivity index (χ3n) is 4.79. The van der Waals surface area contributed by atoms with Crippen LogP contribution < -0.4 is 0 Å². The molecule has 0 N–H and O–H groups in total. The Morgan fingerprint density at radius 1 is 1.17 bits per heavy atom. The van der Waals surface area contributed by atoms with Crippen LogP contribution in [0.3, 0.4) is 0 Å². The first-order chi connectivity index (χ1) is 8.68. The summed E-state index contributed by atoms with van der Waals surface area (Å²) in [6, 6.07) is 0. The van der Waals surface area contributed by atoms with Gasteiger partial charge >= 0.3 is 5.97 Å². The highest BCUT2D eigenvalue weighted by Gasteiger charge is 2.34. The molecule has 0 radical (unpaired) electrons. The second-order valence-electron chi connectivity index (χ2n) is 6.10. The molecule has 0 saturated heterocycles. The van der Waals surface area contributed by atoms with E-state index in [1.165, 1.54) is 44.9 Å². The smallest absolute Gasteiger partial charge is 0.333 e. The van der Waals surface area contributed by atoms with Gasteiger partial charge in [-0.2, -0.15) is 0 Å². The molecule has 0 aromatic rings. The standard InChI is InChI=1S/C16H26O2/c1-12(2)16(17)18-11-10-14-8-5-7-13-6-3-4-9-15(13)14/h13-15H,1,3-11H2,2H3. The van der Waals surface area contributed by atoms with Crippen LogP contribution in [-0.2, 0) is 9.53 Å². The number of carbonyl (C=O) groups is 1. The van der Waals surface area contributed by atoms with E-state index in [-0.39, 0.29) is 5.97 Å². The molecule has 2 fully saturated rings. The summed E-state index contributed by atoms with van der Waals surface area (Å²) < 4.78 is 5.25. The van der Waals surface area contributed by atoms with Crippen LogP contribution >= 0.6 is 0 Å². The van der Waals surface area contributed by atoms with Crippen LogP contribution in [0.15, 0.2) is 12.2 Å². The Labute approximate surface area is 111 Å². The lowest BCUT2D eigenvalue weighted by molar-refractivity contribution is -0.139. The lowest BCUT2D eigenvalue weighted by atomic mass is 9.65. The number of hydrogen-bond donors (Lipinski definition) is 0. The van der Waals surface area contributed by atoms with Gasteiger partial charge in [-0.3, -0.25) is 0 Å². The summed E-state index contributed by atoms with van der Waals surface area (Å²) >= 11 is 0. The van der Waals surface area contributed by atoms with Gasteiger partial charge in [0.2, 0.25) is 0 Å². The van der Waals surface area contributed by atoms with Gasteiger partial charge in [0.05, 0.1) is 6.61 Å². The van der Waals surface area contributed by atoms with Crippen molar-refractivity contribution in [3.8, 4) is 0 Å². The summed E-state index contributed by atoms with van der Waals surface area (Å²) in [7, 11) is 0. The van der Waals surface area contributed by atoms with Gasteiger partial charge in [-0.15, -0.1) is 0 Å². The highest BCUT2D eigenvalue weighted by Crippen LogP contribution is 2.44. The molecule has 2 saturated carbocycles. The minimum absolute atomic E-state index is 0.231. The van der Waals surface area contributed by atoms with Crippen LogP contribution in [0, 0.1) is 17.8 Å². The van der Waals surface area contributed by atoms with E-state index in [1.54, 1.807) is 6.92 Å². The molecule has 2 aliphatic carbocycles. The Morgan fingerprint density at radius 3 is 2.67 bits per heavy atom. The van der Waals surface area contributed by atoms with Gasteiger partial charge in [0.25, 0.3) is 0 Å². The zero-order valence-corrected chi connectivity index (χ0v) is 11.6. The summed E-state index contributed by atoms with van der Waals surface area (Å²) in [5, 5.41) is 0. The highest BCUT2D eigenvalue weighted by atomic mass is 16.5. The summed E-state index contributed by atoms with van der Waals surface area (Å²) in [4.78, 5) is 11.3. The van der Waals surface area contributed by atoms with Crippen molar-refractivity contribution in [3.05, 3.63) is 12.2 Å². The van der Waals surface area contributed by atoms with Crippen LogP contribution in [0.5, 0.6) is 0 Å². The molecule has 0 aliphatic heterocycles. The SMILES string of the molecule is C=C(C)C(=O)OCCC1CCCC2CCCCC21. The van der Waals surface area contributed by atoms with Crippen LogP contribution in [0.4, 0.5) is 0 Å². The predicted molar refractivity (Wildman–Crippen MR) is 73.2 cm³/mol. The van der Waals surface area contributed by atoms with Gasteiger partial charge in [-0.25, -0.2) is 4.79 Å². The van der Waals surface area contributed by atoms with E-state index in [9.17, 15) is 4.79 Å². The molecule has 2 heteroatoms. The third kappa shape index (κ3) is 3.37. The number of rotatable bonds is 4. The normalized spacial score (nSPS) is 31.5. The summed E-state index contributed by atoms with van der Waals surface area (Å²) in [6.45, 7) is 5.90. The Morgan fingerprint density at radius 2 is 1.89 bits per heavy atom. The monoisotopic (exact) mass is 250 g/mol. The van der Waals surface area contributed by atoms with Gasteiger partial charge in [0.15, 0.2) is 0 Å². The Balaban J connectivity index is 1.77. The van der Waals surface area contributed by atoms with Gasteiger partial charge in [0, 0.05) is 5.57 Å². The number of fused-ring (bicyclic) bond motifs is 1. The van der Waals surface area contributed by atoms with E-state index in [2.05, 4.69) is 6.58 Å². The first-order valence-corrected chi connectivity index (χ1v) is 7.51. The molecule has 0 aromatic carbocycles. The Bertz CT molecular complexity index is 306. The van der Waals surface area contributed by atoms with Crippen molar-refractivity contribution in [2.45, 2.75) is 58.3 Å². The fourth-order valence-electron chi connectivity index (χ4n) is 3.86. The van der Waals surface area contributed by atoms with Crippen LogP contribution in [-0.4, -0.2) is 12.6 Å². The maximum atomic E-state index is 11.3. The molecule has 2 rings (SSSR count). The second-order valence-corrected chi connectivity index (χ2v) is 6.10. The Hall–Kier alpha value is -0.790. The molecule has 0 aromatic heterocycles. The Kier molecular flexibility index (Phi) is 4.85. The van der Waals surface area contributed by atoms with Crippen molar-refractivity contribution in [2.24, 2.45) is 17.8 Å². The molecule has 102 valence electrons. The average molecular weight is 250 g/mol. The first kappa shape index (κ1) is 13.6. The molecular formula is C16H26O2. The lowest BCUT2D eigenvalue weighted by Crippen LogP contribution is -2.31. The molecule has 0 heterocycles. The van der Waals surface area contributed by atoms with Crippen LogP contribution in [0.25, 0.3) is 0 Å². The first-order valence-electron chi connectivity index (χ1n) is 7.51. The maximum Gasteiger partial charge on any atom is 0.333 e. The summed E-state index contributed by atoms with van der Waals surface area (Å²) in [5.74, 6) is 2.44. The number of ether oxygens (including phenoxy) is 1. The van der Waals surface area contributed by atoms with Gasteiger partial charge in [-0.05, 0) is 37.5 Å². The molecule has 2 nitrogen and oxygen atoms in total. The van der Waals surface area contributed by atoms with E-state index >= 15 is 0 Å². The molecule has 18 heavy (non-hydrogen) atoms. The topological polar surface area (TPSA) is 26.3 Å². The van der Waals surface area contributed by atoms with Gasteiger partial charge in [-0.1, -0.05) is 45.1 Å². The number of esters is 1. The second kappa shape index (κ2) is 6.40. The highest BCUT2D eigenvalue weighted by molar-refractivity contribution is 5.86. The third-order valence-corrected chi connectivity index (χ3v) is 4.79. The number of hydrogen-bond acceptors (Lipinski definition) is 2. The zero-order chi connectivity index (χ0) is 13.0. The van der Waals surface area contributed by atoms with Crippen molar-refractivity contribution in [3.63, 3.8) is 0 Å². The van der Waals surface area contributed by atoms with E-state index in [4.69, 9.17) is 4.74 Å². The lowest BCUT2D eigenvalue weighted by Gasteiger charge is -2.41. The molecule has 2 aliphatic rings.